The molecule has 0 heterocycles. The monoisotopic (exact) mass is 373 g/mol. The Morgan fingerprint density at radius 2 is 1.62 bits per heavy atom. The Labute approximate surface area is 156 Å². The number of esters is 1. The lowest BCUT2D eigenvalue weighted by Gasteiger charge is -2.23. The van der Waals surface area contributed by atoms with E-state index in [1.54, 1.807) is 20.8 Å². The van der Waals surface area contributed by atoms with Gasteiger partial charge in [-0.05, 0) is 24.7 Å². The third kappa shape index (κ3) is 10.3. The second-order valence-corrected chi connectivity index (χ2v) is 7.42. The standard InChI is InChI=1S/C19H35NO6/c1-7-14(9-12(3)4)10-15(17(22)23)11-20-19(24)26-18(13(5)6)25-16(21)8-2/h12-15,18H,7-11H2,1-6H3,(H,20,24)(H,22,23)/t14-,15-,18+/m1/s1. The molecule has 0 saturated heterocycles. The van der Waals surface area contributed by atoms with E-state index in [2.05, 4.69) is 19.2 Å². The van der Waals surface area contributed by atoms with Gasteiger partial charge in [0.1, 0.15) is 0 Å². The van der Waals surface area contributed by atoms with Crippen molar-refractivity contribution in [1.82, 2.24) is 5.32 Å². The van der Waals surface area contributed by atoms with Crippen molar-refractivity contribution < 1.29 is 29.0 Å². The number of carbonyl (C=O) groups is 3. The van der Waals surface area contributed by atoms with Gasteiger partial charge in [0.2, 0.25) is 0 Å². The van der Waals surface area contributed by atoms with Crippen molar-refractivity contribution in [3.8, 4) is 0 Å². The van der Waals surface area contributed by atoms with Crippen LogP contribution in [0.3, 0.4) is 0 Å². The smallest absolute Gasteiger partial charge is 0.410 e. The normalized spacial score (nSPS) is 14.6. The summed E-state index contributed by atoms with van der Waals surface area (Å²) >= 11 is 0. The zero-order chi connectivity index (χ0) is 20.3. The van der Waals surface area contributed by atoms with Crippen LogP contribution in [-0.2, 0) is 19.1 Å². The van der Waals surface area contributed by atoms with Gasteiger partial charge >= 0.3 is 18.0 Å². The van der Waals surface area contributed by atoms with E-state index in [-0.39, 0.29) is 18.9 Å². The first-order chi connectivity index (χ1) is 12.1. The first-order valence-electron chi connectivity index (χ1n) is 9.47. The van der Waals surface area contributed by atoms with Crippen molar-refractivity contribution in [3.63, 3.8) is 0 Å². The van der Waals surface area contributed by atoms with Gasteiger partial charge in [0.25, 0.3) is 6.29 Å². The maximum absolute atomic E-state index is 12.0. The fourth-order valence-electron chi connectivity index (χ4n) is 2.63. The summed E-state index contributed by atoms with van der Waals surface area (Å²) in [6.45, 7) is 11.4. The number of aliphatic carboxylic acids is 1. The summed E-state index contributed by atoms with van der Waals surface area (Å²) in [7, 11) is 0. The SMILES string of the molecule is CCC(=O)O[C@@H](OC(=O)NC[C@@H](C[C@H](CC)CC(C)C)C(=O)O)C(C)C. The Morgan fingerprint density at radius 1 is 1.00 bits per heavy atom. The molecule has 0 unspecified atom stereocenters. The van der Waals surface area contributed by atoms with Gasteiger partial charge in [-0.2, -0.15) is 0 Å². The van der Waals surface area contributed by atoms with E-state index in [0.717, 1.165) is 12.8 Å². The van der Waals surface area contributed by atoms with Crippen molar-refractivity contribution in [2.45, 2.75) is 73.5 Å². The number of rotatable bonds is 12. The van der Waals surface area contributed by atoms with Gasteiger partial charge in [-0.3, -0.25) is 9.59 Å². The molecular weight excluding hydrogens is 338 g/mol. The van der Waals surface area contributed by atoms with E-state index in [4.69, 9.17) is 9.47 Å². The highest BCUT2D eigenvalue weighted by atomic mass is 16.7. The maximum Gasteiger partial charge on any atom is 0.410 e. The van der Waals surface area contributed by atoms with Crippen molar-refractivity contribution >= 4 is 18.0 Å². The molecule has 0 saturated carbocycles. The number of ether oxygens (including phenoxy) is 2. The lowest BCUT2D eigenvalue weighted by atomic mass is 9.86. The molecule has 0 aromatic carbocycles. The largest absolute Gasteiger partial charge is 0.481 e. The van der Waals surface area contributed by atoms with Gasteiger partial charge in [-0.15, -0.1) is 0 Å². The maximum atomic E-state index is 12.0. The summed E-state index contributed by atoms with van der Waals surface area (Å²) in [5.74, 6) is -1.50. The Morgan fingerprint density at radius 3 is 2.04 bits per heavy atom. The van der Waals surface area contributed by atoms with Crippen LogP contribution >= 0.6 is 0 Å². The van der Waals surface area contributed by atoms with Gasteiger partial charge in [0, 0.05) is 18.9 Å². The molecule has 0 aromatic rings. The summed E-state index contributed by atoms with van der Waals surface area (Å²) in [4.78, 5) is 34.9. The minimum absolute atomic E-state index is 0.0186. The molecule has 0 radical (unpaired) electrons. The number of carbonyl (C=O) groups excluding carboxylic acids is 2. The number of amides is 1. The molecule has 26 heavy (non-hydrogen) atoms. The van der Waals surface area contributed by atoms with Crippen LogP contribution in [0.1, 0.15) is 67.2 Å². The zero-order valence-electron chi connectivity index (χ0n) is 16.9. The Kier molecular flexibility index (Phi) is 11.7. The van der Waals surface area contributed by atoms with Gasteiger partial charge < -0.3 is 19.9 Å². The number of alkyl carbamates (subject to hydrolysis) is 1. The van der Waals surface area contributed by atoms with Crippen LogP contribution < -0.4 is 5.32 Å². The van der Waals surface area contributed by atoms with Crippen LogP contribution in [0.15, 0.2) is 0 Å². The number of hydrogen-bond acceptors (Lipinski definition) is 5. The number of carboxylic acids is 1. The van der Waals surface area contributed by atoms with Gasteiger partial charge in [-0.25, -0.2) is 4.79 Å². The van der Waals surface area contributed by atoms with Crippen LogP contribution in [0.4, 0.5) is 4.79 Å². The highest BCUT2D eigenvalue weighted by Gasteiger charge is 2.25. The molecule has 2 N–H and O–H groups in total. The van der Waals surface area contributed by atoms with Gasteiger partial charge in [0.05, 0.1) is 5.92 Å². The second-order valence-electron chi connectivity index (χ2n) is 7.42. The van der Waals surface area contributed by atoms with Crippen molar-refractivity contribution in [2.75, 3.05) is 6.54 Å². The molecule has 0 bridgehead atoms. The van der Waals surface area contributed by atoms with Crippen molar-refractivity contribution in [3.05, 3.63) is 0 Å². The van der Waals surface area contributed by atoms with E-state index in [1.807, 2.05) is 6.92 Å². The summed E-state index contributed by atoms with van der Waals surface area (Å²) in [6, 6.07) is 0. The van der Waals surface area contributed by atoms with E-state index >= 15 is 0 Å². The first-order valence-corrected chi connectivity index (χ1v) is 9.47. The molecule has 0 rings (SSSR count). The van der Waals surface area contributed by atoms with Gasteiger partial charge in [-0.1, -0.05) is 48.0 Å². The predicted octanol–water partition coefficient (Wildman–Crippen LogP) is 3.81. The molecule has 0 aromatic heterocycles. The third-order valence-corrected chi connectivity index (χ3v) is 4.15. The van der Waals surface area contributed by atoms with Crippen LogP contribution in [0.2, 0.25) is 0 Å². The van der Waals surface area contributed by atoms with E-state index < -0.39 is 30.2 Å². The van der Waals surface area contributed by atoms with E-state index in [0.29, 0.717) is 18.3 Å². The van der Waals surface area contributed by atoms with Crippen molar-refractivity contribution in [1.29, 1.82) is 0 Å². The molecule has 7 nitrogen and oxygen atoms in total. The average Bonchev–Trinajstić information content (AvgIpc) is 2.55. The molecule has 0 aliphatic heterocycles. The van der Waals surface area contributed by atoms with Crippen LogP contribution in [0, 0.1) is 23.7 Å². The summed E-state index contributed by atoms with van der Waals surface area (Å²) in [5, 5.41) is 11.9. The van der Waals surface area contributed by atoms with E-state index in [9.17, 15) is 19.5 Å². The first kappa shape index (κ1) is 24.2. The molecule has 7 heteroatoms. The number of nitrogens with one attached hydrogen (secondary N) is 1. The molecule has 3 atom stereocenters. The molecular formula is C19H35NO6. The van der Waals surface area contributed by atoms with Gasteiger partial charge in [0.15, 0.2) is 0 Å². The molecule has 0 aliphatic carbocycles. The predicted molar refractivity (Wildman–Crippen MR) is 98.5 cm³/mol. The van der Waals surface area contributed by atoms with Crippen LogP contribution in [0.5, 0.6) is 0 Å². The average molecular weight is 373 g/mol. The van der Waals surface area contributed by atoms with E-state index in [1.165, 1.54) is 0 Å². The fraction of sp³-hybridized carbons (Fsp3) is 0.842. The third-order valence-electron chi connectivity index (χ3n) is 4.15. The minimum Gasteiger partial charge on any atom is -0.481 e. The zero-order valence-corrected chi connectivity index (χ0v) is 16.9. The molecule has 0 spiro atoms. The molecule has 0 aliphatic rings. The topological polar surface area (TPSA) is 102 Å². The highest BCUT2D eigenvalue weighted by molar-refractivity contribution is 5.73. The van der Waals surface area contributed by atoms with Crippen LogP contribution in [0.25, 0.3) is 0 Å². The lowest BCUT2D eigenvalue weighted by Crippen LogP contribution is -2.38. The quantitative estimate of drug-likeness (QED) is 0.398. The highest BCUT2D eigenvalue weighted by Crippen LogP contribution is 2.23. The Hall–Kier alpha value is -1.79. The summed E-state index contributed by atoms with van der Waals surface area (Å²) < 4.78 is 10.2. The number of carboxylic acid groups (broad SMARTS) is 1. The summed E-state index contributed by atoms with van der Waals surface area (Å²) in [6.07, 6.45) is 0.764. The molecule has 1 amide bonds. The Bertz CT molecular complexity index is 449. The number of hydrogen-bond donors (Lipinski definition) is 2. The summed E-state index contributed by atoms with van der Waals surface area (Å²) in [5.41, 5.74) is 0. The molecule has 152 valence electrons. The molecule has 0 fully saturated rings. The second kappa shape index (κ2) is 12.5. The lowest BCUT2D eigenvalue weighted by molar-refractivity contribution is -0.174. The Balaban J connectivity index is 4.64. The van der Waals surface area contributed by atoms with Crippen molar-refractivity contribution in [2.24, 2.45) is 23.7 Å². The van der Waals surface area contributed by atoms with Crippen LogP contribution in [-0.4, -0.2) is 36.0 Å². The fourth-order valence-corrected chi connectivity index (χ4v) is 2.63. The minimum atomic E-state index is -0.991.